The van der Waals surface area contributed by atoms with Crippen LogP contribution in [0, 0.1) is 10.1 Å². The van der Waals surface area contributed by atoms with Crippen molar-refractivity contribution in [2.75, 3.05) is 13.2 Å². The van der Waals surface area contributed by atoms with E-state index < -0.39 is 201 Å². The third-order valence-corrected chi connectivity index (χ3v) is 11.2. The maximum atomic E-state index is 13.1. The Bertz CT molecular complexity index is 2280. The molecule has 34 heteroatoms. The number of rotatable bonds is 21. The Balaban J connectivity index is 2.07. The smallest absolute Gasteiger partial charge is 0.303 e. The molecule has 4 aliphatic heterocycles. The first kappa shape index (κ1) is 63.5. The van der Waals surface area contributed by atoms with Crippen molar-refractivity contribution in [1.29, 1.82) is 0 Å². The van der Waals surface area contributed by atoms with Gasteiger partial charge in [0.05, 0.1) is 12.2 Å². The molecule has 34 nitrogen and oxygen atoms in total. The summed E-state index contributed by atoms with van der Waals surface area (Å²) in [6.45, 7) is 10.4. The van der Waals surface area contributed by atoms with Crippen LogP contribution in [-0.2, 0) is 133 Å². The van der Waals surface area contributed by atoms with E-state index >= 15 is 0 Å². The molecule has 4 rings (SSSR count). The molecule has 436 valence electrons. The summed E-state index contributed by atoms with van der Waals surface area (Å²) in [4.78, 5) is 146. The molecule has 12 unspecified atom stereocenters. The van der Waals surface area contributed by atoms with Crippen LogP contribution in [0.2, 0.25) is 0 Å². The van der Waals surface area contributed by atoms with Crippen molar-refractivity contribution in [2.24, 2.45) is 5.11 Å². The van der Waals surface area contributed by atoms with Crippen LogP contribution in [0.25, 0.3) is 10.4 Å². The lowest BCUT2D eigenvalue weighted by Gasteiger charge is -2.51. The van der Waals surface area contributed by atoms with Gasteiger partial charge in [0, 0.05) is 74.1 Å². The molecule has 0 bridgehead atoms. The van der Waals surface area contributed by atoms with Gasteiger partial charge in [-0.25, -0.2) is 0 Å². The van der Waals surface area contributed by atoms with E-state index in [1.807, 2.05) is 0 Å². The maximum absolute atomic E-state index is 13.1. The first-order chi connectivity index (χ1) is 36.5. The number of hydrogen-bond donors (Lipinski definition) is 0. The molecule has 20 atom stereocenters. The minimum Gasteiger partial charge on any atom is -0.463 e. The minimum absolute atomic E-state index is 0.833. The normalized spacial score (nSPS) is 34.3. The number of esters is 10. The van der Waals surface area contributed by atoms with Crippen molar-refractivity contribution in [3.8, 4) is 0 Å². The predicted octanol–water partition coefficient (Wildman–Crippen LogP) is -0.452. The molecule has 4 fully saturated rings. The Hall–Kier alpha value is -7.07. The summed E-state index contributed by atoms with van der Waals surface area (Å²) in [7, 11) is 0. The molecule has 0 N–H and O–H groups in total. The highest BCUT2D eigenvalue weighted by Crippen LogP contribution is 2.40. The summed E-state index contributed by atoms with van der Waals surface area (Å²) in [6.07, 6.45) is -35.8. The van der Waals surface area contributed by atoms with E-state index in [0.29, 0.717) is 0 Å². The maximum Gasteiger partial charge on any atom is 0.303 e. The Morgan fingerprint density at radius 3 is 1.10 bits per heavy atom. The Kier molecular flexibility index (Phi) is 23.2. The highest BCUT2D eigenvalue weighted by atomic mass is 17.0. The molecule has 0 radical (unpaired) electrons. The SMILES string of the molecule is CC(=O)OCC1O[C@@H](O[N+](=O)[O-])C(N=[N+]=[N-])[C@@H](O[C@@H]2OC(C)C(OC(C)=O)[C@@H](OC(C)=O)C2OC(C)=O)C1O[C@@H]1OC(COC(C)=O)C(OC(C)=O)[C@H](OC(C)=O)C1OC1OC(C)[C@@H](OC(C)=O)C(OC(C)=O)[C@@H]1OC(C)=O. The molecule has 4 aliphatic rings. The fourth-order valence-corrected chi connectivity index (χ4v) is 8.65. The molecule has 0 aliphatic carbocycles. The van der Waals surface area contributed by atoms with Gasteiger partial charge in [0.25, 0.3) is 5.09 Å². The Morgan fingerprint density at radius 2 is 0.731 bits per heavy atom. The van der Waals surface area contributed by atoms with Gasteiger partial charge in [-0.1, -0.05) is 5.11 Å². The highest BCUT2D eigenvalue weighted by Gasteiger charge is 2.61. The predicted molar refractivity (Wildman–Crippen MR) is 239 cm³/mol. The monoisotopic (exact) mass is 1120 g/mol. The average molecular weight is 1120 g/mol. The summed E-state index contributed by atoms with van der Waals surface area (Å²) < 4.78 is 98.7. The van der Waals surface area contributed by atoms with E-state index in [4.69, 9.17) is 85.4 Å². The molecular weight excluding hydrogens is 1060 g/mol. The lowest BCUT2D eigenvalue weighted by Crippen LogP contribution is -2.69. The third kappa shape index (κ3) is 17.7. The summed E-state index contributed by atoms with van der Waals surface area (Å²) in [5.74, 6) is -10.0. The van der Waals surface area contributed by atoms with Crippen molar-refractivity contribution in [1.82, 2.24) is 0 Å². The molecule has 78 heavy (non-hydrogen) atoms. The second kappa shape index (κ2) is 28.5. The summed E-state index contributed by atoms with van der Waals surface area (Å²) in [6, 6.07) is -2.16. The average Bonchev–Trinajstić information content (AvgIpc) is 3.29. The zero-order chi connectivity index (χ0) is 58.5. The van der Waals surface area contributed by atoms with Crippen LogP contribution in [-0.4, -0.2) is 201 Å². The number of carbonyl (C=O) groups excluding carboxylic acids is 10. The number of ether oxygens (including phenoxy) is 17. The van der Waals surface area contributed by atoms with Crippen LogP contribution in [0.4, 0.5) is 0 Å². The molecule has 0 aromatic heterocycles. The number of hydrogen-bond acceptors (Lipinski definition) is 31. The van der Waals surface area contributed by atoms with Crippen LogP contribution in [0.15, 0.2) is 5.11 Å². The van der Waals surface area contributed by atoms with Gasteiger partial charge >= 0.3 is 59.7 Å². The fraction of sp³-hybridized carbons (Fsp3) is 0.773. The quantitative estimate of drug-likeness (QED) is 0.0267. The van der Waals surface area contributed by atoms with Crippen LogP contribution >= 0.6 is 0 Å². The zero-order valence-electron chi connectivity index (χ0n) is 44.0. The van der Waals surface area contributed by atoms with Crippen LogP contribution in [0.3, 0.4) is 0 Å². The van der Waals surface area contributed by atoms with E-state index in [1.54, 1.807) is 0 Å². The number of carbonyl (C=O) groups is 10. The van der Waals surface area contributed by atoms with E-state index in [-0.39, 0.29) is 0 Å². The van der Waals surface area contributed by atoms with E-state index in [0.717, 1.165) is 69.2 Å². The van der Waals surface area contributed by atoms with Crippen LogP contribution < -0.4 is 0 Å². The topological polar surface area (TPSA) is 429 Å². The summed E-state index contributed by atoms with van der Waals surface area (Å²) in [5, 5.41) is 14.3. The molecule has 4 saturated heterocycles. The van der Waals surface area contributed by atoms with Crippen molar-refractivity contribution >= 4 is 59.7 Å². The number of azide groups is 1. The first-order valence-corrected chi connectivity index (χ1v) is 23.6. The van der Waals surface area contributed by atoms with Crippen molar-refractivity contribution in [2.45, 2.75) is 206 Å². The van der Waals surface area contributed by atoms with Crippen molar-refractivity contribution in [3.63, 3.8) is 0 Å². The van der Waals surface area contributed by atoms with Gasteiger partial charge in [-0.2, -0.15) is 0 Å². The molecule has 0 amide bonds. The van der Waals surface area contributed by atoms with Gasteiger partial charge in [-0.15, -0.1) is 10.1 Å². The highest BCUT2D eigenvalue weighted by molar-refractivity contribution is 5.70. The van der Waals surface area contributed by atoms with Crippen molar-refractivity contribution < 1.29 is 138 Å². The second-order valence-electron chi connectivity index (χ2n) is 17.5. The molecular formula is C44H60N4O30. The van der Waals surface area contributed by atoms with Gasteiger partial charge in [0.2, 0.25) is 6.29 Å². The van der Waals surface area contributed by atoms with E-state index in [1.165, 1.54) is 13.8 Å². The Morgan fingerprint density at radius 1 is 0.423 bits per heavy atom. The van der Waals surface area contributed by atoms with E-state index in [2.05, 4.69) is 10.0 Å². The molecule has 0 spiro atoms. The number of nitrogens with zero attached hydrogens (tertiary/aromatic N) is 4. The molecule has 0 aromatic carbocycles. The van der Waals surface area contributed by atoms with Gasteiger partial charge in [-0.3, -0.25) is 52.8 Å². The lowest BCUT2D eigenvalue weighted by molar-refractivity contribution is -0.783. The molecule has 0 aromatic rings. The Labute approximate surface area is 442 Å². The van der Waals surface area contributed by atoms with Gasteiger partial charge in [0.15, 0.2) is 73.8 Å². The van der Waals surface area contributed by atoms with Gasteiger partial charge in [0.1, 0.15) is 43.7 Å². The standard InChI is InChI=1S/C44H60N4O30/c1-15-30(65-19(5)51)35(68-22(8)54)38(71-25(11)57)42(63-15)76-34-29(46-47-45)41(78-48(59)60)73-27(13-61-17(3)49)32(34)75-44-40(37(70-24(10)56)33(67-21(7)53)28(74-44)14-62-18(4)50)77-43-39(72-26(12)58)36(69-23(9)55)31(16(2)64-43)66-20(6)52/h15-16,27-44H,13-14H2,1-12H3/t15?,16?,27?,28?,29?,30?,31-,32?,33?,34-,35-,36?,37+,38?,39+,40?,41+,42+,43?,44+/m1/s1. The lowest BCUT2D eigenvalue weighted by atomic mass is 9.94. The first-order valence-electron chi connectivity index (χ1n) is 23.6. The minimum atomic E-state index is -2.32. The summed E-state index contributed by atoms with van der Waals surface area (Å²) >= 11 is 0. The van der Waals surface area contributed by atoms with Gasteiger partial charge < -0.3 is 80.5 Å². The molecule has 4 heterocycles. The summed E-state index contributed by atoms with van der Waals surface area (Å²) in [5.41, 5.74) is 9.97. The van der Waals surface area contributed by atoms with E-state index in [9.17, 15) is 63.6 Å². The van der Waals surface area contributed by atoms with Crippen molar-refractivity contribution in [3.05, 3.63) is 20.6 Å². The third-order valence-electron chi connectivity index (χ3n) is 11.2. The fourth-order valence-electron chi connectivity index (χ4n) is 8.65. The van der Waals surface area contributed by atoms with Crippen LogP contribution in [0.5, 0.6) is 0 Å². The zero-order valence-corrected chi connectivity index (χ0v) is 44.0. The molecule has 0 saturated carbocycles. The second-order valence-corrected chi connectivity index (χ2v) is 17.5. The van der Waals surface area contributed by atoms with Crippen LogP contribution in [0.1, 0.15) is 83.1 Å². The largest absolute Gasteiger partial charge is 0.463 e. The van der Waals surface area contributed by atoms with Gasteiger partial charge in [-0.05, 0) is 19.4 Å².